The van der Waals surface area contributed by atoms with Crippen LogP contribution in [0.2, 0.25) is 5.15 Å². The first-order valence-corrected chi connectivity index (χ1v) is 7.21. The molecular weight excluding hydrogens is 264 g/mol. The van der Waals surface area contributed by atoms with Crippen molar-refractivity contribution in [3.8, 4) is 0 Å². The van der Waals surface area contributed by atoms with E-state index in [1.807, 2.05) is 18.3 Å². The Balaban J connectivity index is 1.69. The highest BCUT2D eigenvalue weighted by Crippen LogP contribution is 2.16. The average molecular weight is 285 g/mol. The monoisotopic (exact) mass is 284 g/mol. The molecule has 1 aliphatic rings. The van der Waals surface area contributed by atoms with Gasteiger partial charge in [-0.15, -0.1) is 0 Å². The fourth-order valence-electron chi connectivity index (χ4n) is 2.31. The summed E-state index contributed by atoms with van der Waals surface area (Å²) in [5.41, 5.74) is 1.20. The molecule has 0 aromatic carbocycles. The molecule has 1 N–H and O–H groups in total. The summed E-state index contributed by atoms with van der Waals surface area (Å²) in [5, 5.41) is 9.26. The van der Waals surface area contributed by atoms with E-state index in [0.29, 0.717) is 17.9 Å². The van der Waals surface area contributed by atoms with Crippen LogP contribution >= 0.6 is 11.6 Å². The van der Waals surface area contributed by atoms with Crippen molar-refractivity contribution >= 4 is 11.6 Å². The minimum absolute atomic E-state index is 0.211. The van der Waals surface area contributed by atoms with Crippen LogP contribution in [0, 0.1) is 0 Å². The minimum atomic E-state index is 0.211. The van der Waals surface area contributed by atoms with Gasteiger partial charge < -0.3 is 9.84 Å². The van der Waals surface area contributed by atoms with Gasteiger partial charge in [-0.1, -0.05) is 17.7 Å². The fourth-order valence-corrected chi connectivity index (χ4v) is 2.42. The van der Waals surface area contributed by atoms with Gasteiger partial charge >= 0.3 is 0 Å². The van der Waals surface area contributed by atoms with Gasteiger partial charge in [0.1, 0.15) is 5.15 Å². The Bertz CT molecular complexity index is 364. The van der Waals surface area contributed by atoms with Crippen molar-refractivity contribution in [2.45, 2.75) is 31.9 Å². The Labute approximate surface area is 119 Å². The molecule has 1 aromatic rings. The topological polar surface area (TPSA) is 45.6 Å². The second-order valence-corrected chi connectivity index (χ2v) is 5.30. The van der Waals surface area contributed by atoms with Gasteiger partial charge in [0, 0.05) is 39.0 Å². The molecule has 0 aliphatic carbocycles. The zero-order chi connectivity index (χ0) is 13.5. The molecule has 19 heavy (non-hydrogen) atoms. The molecule has 0 saturated carbocycles. The number of aliphatic hydroxyl groups is 1. The molecule has 1 aromatic heterocycles. The van der Waals surface area contributed by atoms with Gasteiger partial charge in [0.05, 0.1) is 6.10 Å². The van der Waals surface area contributed by atoms with Crippen molar-refractivity contribution in [3.63, 3.8) is 0 Å². The van der Waals surface area contributed by atoms with Crippen molar-refractivity contribution in [1.29, 1.82) is 0 Å². The van der Waals surface area contributed by atoms with E-state index in [4.69, 9.17) is 21.4 Å². The molecule has 0 atom stereocenters. The minimum Gasteiger partial charge on any atom is -0.396 e. The third-order valence-electron chi connectivity index (χ3n) is 3.39. The molecule has 2 rings (SSSR count). The number of hydrogen-bond acceptors (Lipinski definition) is 4. The molecule has 106 valence electrons. The number of halogens is 1. The molecule has 1 saturated heterocycles. The number of ether oxygens (including phenoxy) is 1. The Morgan fingerprint density at radius 2 is 2.16 bits per heavy atom. The van der Waals surface area contributed by atoms with Crippen LogP contribution in [0.3, 0.4) is 0 Å². The number of rotatable bonds is 6. The zero-order valence-corrected chi connectivity index (χ0v) is 11.9. The van der Waals surface area contributed by atoms with Gasteiger partial charge in [-0.25, -0.2) is 4.98 Å². The lowest BCUT2D eigenvalue weighted by Gasteiger charge is -2.31. The summed E-state index contributed by atoms with van der Waals surface area (Å²) in [6.07, 6.45) is 5.05. The molecular formula is C14H21ClN2O2. The van der Waals surface area contributed by atoms with Crippen LogP contribution in [-0.4, -0.2) is 47.4 Å². The van der Waals surface area contributed by atoms with Crippen LogP contribution < -0.4 is 0 Å². The molecule has 0 radical (unpaired) electrons. The van der Waals surface area contributed by atoms with Crippen molar-refractivity contribution in [2.24, 2.45) is 0 Å². The van der Waals surface area contributed by atoms with Gasteiger partial charge in [-0.05, 0) is 30.9 Å². The molecule has 4 nitrogen and oxygen atoms in total. The van der Waals surface area contributed by atoms with Gasteiger partial charge in [0.2, 0.25) is 0 Å². The van der Waals surface area contributed by atoms with Crippen molar-refractivity contribution in [1.82, 2.24) is 9.88 Å². The first-order chi connectivity index (χ1) is 9.28. The third-order valence-corrected chi connectivity index (χ3v) is 3.61. The van der Waals surface area contributed by atoms with E-state index >= 15 is 0 Å². The Morgan fingerprint density at radius 3 is 2.79 bits per heavy atom. The number of piperidine rings is 1. The predicted octanol–water partition coefficient (Wildman–Crippen LogP) is 2.10. The van der Waals surface area contributed by atoms with E-state index in [9.17, 15) is 0 Å². The summed E-state index contributed by atoms with van der Waals surface area (Å²) in [7, 11) is 0. The number of pyridine rings is 1. The highest BCUT2D eigenvalue weighted by atomic mass is 35.5. The zero-order valence-electron chi connectivity index (χ0n) is 11.1. The van der Waals surface area contributed by atoms with Crippen molar-refractivity contribution < 1.29 is 9.84 Å². The van der Waals surface area contributed by atoms with E-state index in [2.05, 4.69) is 9.88 Å². The first-order valence-electron chi connectivity index (χ1n) is 6.83. The van der Waals surface area contributed by atoms with E-state index in [0.717, 1.165) is 38.9 Å². The Kier molecular flexibility index (Phi) is 6.04. The lowest BCUT2D eigenvalue weighted by atomic mass is 10.1. The van der Waals surface area contributed by atoms with Crippen LogP contribution in [0.25, 0.3) is 0 Å². The first kappa shape index (κ1) is 14.7. The maximum atomic E-state index is 8.72. The van der Waals surface area contributed by atoms with E-state index < -0.39 is 0 Å². The second kappa shape index (κ2) is 7.80. The van der Waals surface area contributed by atoms with Gasteiger partial charge in [0.25, 0.3) is 0 Å². The van der Waals surface area contributed by atoms with Crippen LogP contribution in [-0.2, 0) is 11.3 Å². The summed E-state index contributed by atoms with van der Waals surface area (Å²) in [4.78, 5) is 6.51. The SMILES string of the molecule is OCCCOC1CCN(Cc2ccc(Cl)nc2)CC1. The van der Waals surface area contributed by atoms with Crippen LogP contribution in [0.1, 0.15) is 24.8 Å². The van der Waals surface area contributed by atoms with Gasteiger partial charge in [-0.3, -0.25) is 4.90 Å². The summed E-state index contributed by atoms with van der Waals surface area (Å²) in [6, 6.07) is 3.86. The van der Waals surface area contributed by atoms with Crippen LogP contribution in [0.15, 0.2) is 18.3 Å². The number of nitrogens with zero attached hydrogens (tertiary/aromatic N) is 2. The Morgan fingerprint density at radius 1 is 1.37 bits per heavy atom. The molecule has 2 heterocycles. The fraction of sp³-hybridized carbons (Fsp3) is 0.643. The van der Waals surface area contributed by atoms with E-state index in [-0.39, 0.29) is 6.61 Å². The quantitative estimate of drug-likeness (QED) is 0.642. The molecule has 0 unspecified atom stereocenters. The van der Waals surface area contributed by atoms with Crippen LogP contribution in [0.5, 0.6) is 0 Å². The van der Waals surface area contributed by atoms with E-state index in [1.165, 1.54) is 5.56 Å². The largest absolute Gasteiger partial charge is 0.396 e. The number of aromatic nitrogens is 1. The summed E-state index contributed by atoms with van der Waals surface area (Å²) in [6.45, 7) is 3.90. The second-order valence-electron chi connectivity index (χ2n) is 4.91. The lowest BCUT2D eigenvalue weighted by Crippen LogP contribution is -2.36. The van der Waals surface area contributed by atoms with E-state index in [1.54, 1.807) is 0 Å². The van der Waals surface area contributed by atoms with Gasteiger partial charge in [-0.2, -0.15) is 0 Å². The maximum absolute atomic E-state index is 8.72. The smallest absolute Gasteiger partial charge is 0.129 e. The molecule has 1 aliphatic heterocycles. The molecule has 5 heteroatoms. The number of likely N-dealkylation sites (tertiary alicyclic amines) is 1. The summed E-state index contributed by atoms with van der Waals surface area (Å²) in [5.74, 6) is 0. The molecule has 0 spiro atoms. The predicted molar refractivity (Wildman–Crippen MR) is 75.2 cm³/mol. The lowest BCUT2D eigenvalue weighted by molar-refractivity contribution is 0.000772. The maximum Gasteiger partial charge on any atom is 0.129 e. The summed E-state index contributed by atoms with van der Waals surface area (Å²) < 4.78 is 5.72. The van der Waals surface area contributed by atoms with Crippen molar-refractivity contribution in [3.05, 3.63) is 29.0 Å². The molecule has 0 amide bonds. The average Bonchev–Trinajstić information content (AvgIpc) is 2.44. The van der Waals surface area contributed by atoms with Gasteiger partial charge in [0.15, 0.2) is 0 Å². The highest BCUT2D eigenvalue weighted by molar-refractivity contribution is 6.29. The number of hydrogen-bond donors (Lipinski definition) is 1. The molecule has 1 fully saturated rings. The standard InChI is InChI=1S/C14H21ClN2O2/c15-14-3-2-12(10-16-14)11-17-6-4-13(5-7-17)19-9-1-8-18/h2-3,10,13,18H,1,4-9,11H2. The Hall–Kier alpha value is -0.680. The van der Waals surface area contributed by atoms with Crippen molar-refractivity contribution in [2.75, 3.05) is 26.3 Å². The number of aliphatic hydroxyl groups excluding tert-OH is 1. The normalized spacial score (nSPS) is 17.8. The molecule has 0 bridgehead atoms. The summed E-state index contributed by atoms with van der Waals surface area (Å²) >= 11 is 5.77. The highest BCUT2D eigenvalue weighted by Gasteiger charge is 2.19. The third kappa shape index (κ3) is 5.07. The van der Waals surface area contributed by atoms with Crippen LogP contribution in [0.4, 0.5) is 0 Å².